The number of likely N-dealkylation sites (tertiary alicyclic amines) is 1. The summed E-state index contributed by atoms with van der Waals surface area (Å²) in [5.74, 6) is -1.10. The first-order valence-corrected chi connectivity index (χ1v) is 13.4. The molecule has 206 valence electrons. The number of ketones is 1. The molecule has 1 saturated heterocycles. The zero-order chi connectivity index (χ0) is 28.4. The lowest BCUT2D eigenvalue weighted by Gasteiger charge is -2.27. The van der Waals surface area contributed by atoms with Crippen LogP contribution in [0.25, 0.3) is 5.76 Å². The zero-order valence-electron chi connectivity index (χ0n) is 24.3. The van der Waals surface area contributed by atoms with E-state index < -0.39 is 17.7 Å². The van der Waals surface area contributed by atoms with Gasteiger partial charge in [-0.1, -0.05) is 71.9 Å². The van der Waals surface area contributed by atoms with Gasteiger partial charge in [0.1, 0.15) is 11.5 Å². The smallest absolute Gasteiger partial charge is 0.295 e. The number of methoxy groups -OCH3 is 1. The normalized spacial score (nSPS) is 17.9. The van der Waals surface area contributed by atoms with Crippen molar-refractivity contribution < 1.29 is 24.2 Å². The average Bonchev–Trinajstić information content (AvgIpc) is 3.09. The van der Waals surface area contributed by atoms with Crippen LogP contribution in [0.2, 0.25) is 0 Å². The summed E-state index contributed by atoms with van der Waals surface area (Å²) in [6.45, 7) is 17.4. The van der Waals surface area contributed by atoms with Crippen LogP contribution in [0.15, 0.2) is 48.0 Å². The molecule has 6 nitrogen and oxygen atoms in total. The Morgan fingerprint density at radius 1 is 0.947 bits per heavy atom. The van der Waals surface area contributed by atoms with Crippen LogP contribution in [0.3, 0.4) is 0 Å². The van der Waals surface area contributed by atoms with E-state index in [1.54, 1.807) is 11.0 Å². The van der Waals surface area contributed by atoms with Crippen LogP contribution in [-0.2, 0) is 25.2 Å². The fraction of sp³-hybridized carbons (Fsp3) is 0.500. The molecule has 0 aliphatic carbocycles. The molecule has 0 aromatic heterocycles. The van der Waals surface area contributed by atoms with Crippen LogP contribution >= 0.6 is 0 Å². The van der Waals surface area contributed by atoms with Crippen molar-refractivity contribution in [1.82, 2.24) is 4.90 Å². The summed E-state index contributed by atoms with van der Waals surface area (Å²) in [7, 11) is 1.53. The van der Waals surface area contributed by atoms with Gasteiger partial charge in [-0.3, -0.25) is 9.59 Å². The lowest BCUT2D eigenvalue weighted by atomic mass is 9.84. The maximum atomic E-state index is 13.5. The predicted molar refractivity (Wildman–Crippen MR) is 152 cm³/mol. The van der Waals surface area contributed by atoms with Gasteiger partial charge >= 0.3 is 0 Å². The average molecular weight is 522 g/mol. The standard InChI is InChI=1S/C32H43NO5/c1-20(2)38-18-10-17-33-27(21-11-13-22(14-12-21)31(3,4)5)26(29(35)30(33)36)28(34)24-19-23(32(6,7)8)15-16-25(24)37-9/h11-16,19-20,27,34H,10,17-18H2,1-9H3/b28-26+. The van der Waals surface area contributed by atoms with Crippen molar-refractivity contribution in [3.63, 3.8) is 0 Å². The van der Waals surface area contributed by atoms with Gasteiger partial charge in [0.2, 0.25) is 0 Å². The molecule has 2 aromatic carbocycles. The molecule has 1 aliphatic rings. The largest absolute Gasteiger partial charge is 0.507 e. The number of amides is 1. The maximum Gasteiger partial charge on any atom is 0.295 e. The first-order valence-electron chi connectivity index (χ1n) is 13.4. The van der Waals surface area contributed by atoms with Crippen LogP contribution in [-0.4, -0.2) is 48.1 Å². The lowest BCUT2D eigenvalue weighted by molar-refractivity contribution is -0.140. The van der Waals surface area contributed by atoms with Gasteiger partial charge in [0.25, 0.3) is 11.7 Å². The Kier molecular flexibility index (Phi) is 8.77. The Morgan fingerprint density at radius 3 is 2.05 bits per heavy atom. The molecular weight excluding hydrogens is 478 g/mol. The van der Waals surface area contributed by atoms with Crippen LogP contribution in [0.1, 0.15) is 90.1 Å². The number of benzene rings is 2. The fourth-order valence-electron chi connectivity index (χ4n) is 4.68. The van der Waals surface area contributed by atoms with Crippen molar-refractivity contribution >= 4 is 17.4 Å². The highest BCUT2D eigenvalue weighted by Gasteiger charge is 2.46. The van der Waals surface area contributed by atoms with E-state index in [2.05, 4.69) is 41.5 Å². The predicted octanol–water partition coefficient (Wildman–Crippen LogP) is 6.53. The van der Waals surface area contributed by atoms with Crippen molar-refractivity contribution in [2.45, 2.75) is 84.8 Å². The fourth-order valence-corrected chi connectivity index (χ4v) is 4.68. The molecule has 1 fully saturated rings. The van der Waals surface area contributed by atoms with Crippen molar-refractivity contribution in [3.05, 3.63) is 70.3 Å². The first kappa shape index (κ1) is 29.4. The number of carbonyl (C=O) groups excluding carboxylic acids is 2. The summed E-state index contributed by atoms with van der Waals surface area (Å²) < 4.78 is 11.2. The number of hydrogen-bond donors (Lipinski definition) is 1. The minimum atomic E-state index is -0.717. The third kappa shape index (κ3) is 6.29. The summed E-state index contributed by atoms with van der Waals surface area (Å²) in [6.07, 6.45) is 0.652. The minimum Gasteiger partial charge on any atom is -0.507 e. The first-order chi connectivity index (χ1) is 17.7. The summed E-state index contributed by atoms with van der Waals surface area (Å²) in [6, 6.07) is 12.8. The van der Waals surface area contributed by atoms with E-state index in [4.69, 9.17) is 9.47 Å². The number of aliphatic hydroxyl groups excluding tert-OH is 1. The zero-order valence-corrected chi connectivity index (χ0v) is 24.3. The third-order valence-corrected chi connectivity index (χ3v) is 6.95. The second-order valence-electron chi connectivity index (χ2n) is 12.3. The van der Waals surface area contributed by atoms with Crippen molar-refractivity contribution in [2.75, 3.05) is 20.3 Å². The Balaban J connectivity index is 2.17. The van der Waals surface area contributed by atoms with Crippen molar-refractivity contribution in [2.24, 2.45) is 0 Å². The monoisotopic (exact) mass is 521 g/mol. The molecule has 3 rings (SSSR count). The van der Waals surface area contributed by atoms with Gasteiger partial charge in [-0.05, 0) is 59.9 Å². The van der Waals surface area contributed by atoms with Crippen molar-refractivity contribution in [1.29, 1.82) is 0 Å². The third-order valence-electron chi connectivity index (χ3n) is 6.95. The van der Waals surface area contributed by atoms with Crippen LogP contribution in [0.4, 0.5) is 0 Å². The number of hydrogen-bond acceptors (Lipinski definition) is 5. The number of Topliss-reactive ketones (excluding diaryl/α,β-unsaturated/α-hetero) is 1. The SMILES string of the molecule is COc1ccc(C(C)(C)C)cc1/C(O)=C1\C(=O)C(=O)N(CCCOC(C)C)C1c1ccc(C(C)(C)C)cc1. The molecule has 0 saturated carbocycles. The molecule has 6 heteroatoms. The topological polar surface area (TPSA) is 76.1 Å². The van der Waals surface area contributed by atoms with Crippen LogP contribution < -0.4 is 4.74 Å². The lowest BCUT2D eigenvalue weighted by Crippen LogP contribution is -2.31. The van der Waals surface area contributed by atoms with E-state index in [9.17, 15) is 14.7 Å². The Hall–Kier alpha value is -3.12. The quantitative estimate of drug-likeness (QED) is 0.185. The molecule has 0 radical (unpaired) electrons. The number of ether oxygens (including phenoxy) is 2. The van der Waals surface area contributed by atoms with Crippen LogP contribution in [0, 0.1) is 0 Å². The maximum absolute atomic E-state index is 13.5. The number of nitrogens with zero attached hydrogens (tertiary/aromatic N) is 1. The second-order valence-corrected chi connectivity index (χ2v) is 12.3. The molecule has 2 aromatic rings. The number of aliphatic hydroxyl groups is 1. The molecule has 1 heterocycles. The van der Waals surface area contributed by atoms with E-state index in [1.807, 2.05) is 50.2 Å². The minimum absolute atomic E-state index is 0.0463. The molecule has 38 heavy (non-hydrogen) atoms. The van der Waals surface area contributed by atoms with E-state index in [0.717, 1.165) is 16.7 Å². The highest BCUT2D eigenvalue weighted by atomic mass is 16.5. The summed E-state index contributed by atoms with van der Waals surface area (Å²) in [5, 5.41) is 11.7. The Labute approximate surface area is 227 Å². The second kappa shape index (κ2) is 11.3. The number of carbonyl (C=O) groups is 2. The van der Waals surface area contributed by atoms with E-state index in [1.165, 1.54) is 7.11 Å². The van der Waals surface area contributed by atoms with Gasteiger partial charge < -0.3 is 19.5 Å². The summed E-state index contributed by atoms with van der Waals surface area (Å²) >= 11 is 0. The molecule has 0 spiro atoms. The van der Waals surface area contributed by atoms with Gasteiger partial charge in [0.15, 0.2) is 0 Å². The van der Waals surface area contributed by atoms with E-state index in [-0.39, 0.29) is 28.3 Å². The highest BCUT2D eigenvalue weighted by molar-refractivity contribution is 6.46. The van der Waals surface area contributed by atoms with Crippen LogP contribution in [0.5, 0.6) is 5.75 Å². The van der Waals surface area contributed by atoms with Gasteiger partial charge in [-0.15, -0.1) is 0 Å². The molecule has 1 N–H and O–H groups in total. The van der Waals surface area contributed by atoms with Gasteiger partial charge in [0.05, 0.1) is 30.4 Å². The van der Waals surface area contributed by atoms with Gasteiger partial charge in [0, 0.05) is 13.2 Å². The Bertz CT molecular complexity index is 1200. The summed E-state index contributed by atoms with van der Waals surface area (Å²) in [5.41, 5.74) is 3.13. The molecule has 1 aliphatic heterocycles. The molecular formula is C32H43NO5. The van der Waals surface area contributed by atoms with Gasteiger partial charge in [-0.2, -0.15) is 0 Å². The molecule has 0 bridgehead atoms. The van der Waals surface area contributed by atoms with Gasteiger partial charge in [-0.25, -0.2) is 0 Å². The molecule has 1 amide bonds. The van der Waals surface area contributed by atoms with E-state index in [0.29, 0.717) is 30.9 Å². The number of rotatable bonds is 8. The molecule has 1 unspecified atom stereocenters. The van der Waals surface area contributed by atoms with E-state index >= 15 is 0 Å². The highest BCUT2D eigenvalue weighted by Crippen LogP contribution is 2.42. The summed E-state index contributed by atoms with van der Waals surface area (Å²) in [4.78, 5) is 28.4. The van der Waals surface area contributed by atoms with Crippen molar-refractivity contribution in [3.8, 4) is 5.75 Å². The molecule has 1 atom stereocenters. The Morgan fingerprint density at radius 2 is 1.53 bits per heavy atom.